The predicted octanol–water partition coefficient (Wildman–Crippen LogP) is 3.86. The Morgan fingerprint density at radius 1 is 1.10 bits per heavy atom. The SMILES string of the molecule is Cc1ccc(-c2nnc(C(N)c3ccccc3)o2)cc1Br. The third-order valence-corrected chi connectivity index (χ3v) is 4.14. The molecule has 2 aromatic carbocycles. The van der Waals surface area contributed by atoms with E-state index in [0.29, 0.717) is 11.8 Å². The van der Waals surface area contributed by atoms with Crippen molar-refractivity contribution in [2.24, 2.45) is 5.73 Å². The van der Waals surface area contributed by atoms with E-state index in [9.17, 15) is 0 Å². The van der Waals surface area contributed by atoms with Gasteiger partial charge in [0.25, 0.3) is 0 Å². The predicted molar refractivity (Wildman–Crippen MR) is 84.6 cm³/mol. The van der Waals surface area contributed by atoms with Gasteiger partial charge < -0.3 is 10.2 Å². The maximum absolute atomic E-state index is 6.16. The van der Waals surface area contributed by atoms with Crippen molar-refractivity contribution in [3.8, 4) is 11.5 Å². The van der Waals surface area contributed by atoms with Gasteiger partial charge in [-0.25, -0.2) is 0 Å². The van der Waals surface area contributed by atoms with Gasteiger partial charge in [0.2, 0.25) is 11.8 Å². The van der Waals surface area contributed by atoms with Crippen LogP contribution in [0, 0.1) is 6.92 Å². The molecule has 0 bridgehead atoms. The van der Waals surface area contributed by atoms with E-state index in [1.54, 1.807) is 0 Å². The summed E-state index contributed by atoms with van der Waals surface area (Å²) in [7, 11) is 0. The molecule has 0 aliphatic rings. The monoisotopic (exact) mass is 343 g/mol. The van der Waals surface area contributed by atoms with Crippen molar-refractivity contribution in [2.45, 2.75) is 13.0 Å². The van der Waals surface area contributed by atoms with E-state index in [-0.39, 0.29) is 0 Å². The molecule has 3 rings (SSSR count). The van der Waals surface area contributed by atoms with E-state index in [1.807, 2.05) is 55.5 Å². The summed E-state index contributed by atoms with van der Waals surface area (Å²) < 4.78 is 6.72. The van der Waals surface area contributed by atoms with Gasteiger partial charge in [-0.15, -0.1) is 10.2 Å². The fourth-order valence-corrected chi connectivity index (χ4v) is 2.38. The van der Waals surface area contributed by atoms with Crippen LogP contribution in [0.25, 0.3) is 11.5 Å². The van der Waals surface area contributed by atoms with Crippen molar-refractivity contribution in [2.75, 3.05) is 0 Å². The lowest BCUT2D eigenvalue weighted by Gasteiger charge is -2.06. The van der Waals surface area contributed by atoms with Gasteiger partial charge in [-0.05, 0) is 30.2 Å². The summed E-state index contributed by atoms with van der Waals surface area (Å²) in [5, 5.41) is 8.15. The Morgan fingerprint density at radius 2 is 1.86 bits per heavy atom. The van der Waals surface area contributed by atoms with Crippen LogP contribution in [0.2, 0.25) is 0 Å². The molecule has 0 fully saturated rings. The zero-order valence-electron chi connectivity index (χ0n) is 11.5. The van der Waals surface area contributed by atoms with Crippen molar-refractivity contribution in [1.29, 1.82) is 0 Å². The number of aromatic nitrogens is 2. The Bertz CT molecular complexity index is 755. The average molecular weight is 344 g/mol. The molecule has 0 saturated carbocycles. The van der Waals surface area contributed by atoms with E-state index in [1.165, 1.54) is 0 Å². The number of hydrogen-bond acceptors (Lipinski definition) is 4. The van der Waals surface area contributed by atoms with E-state index in [4.69, 9.17) is 10.2 Å². The van der Waals surface area contributed by atoms with Crippen molar-refractivity contribution < 1.29 is 4.42 Å². The first-order valence-electron chi connectivity index (χ1n) is 6.55. The molecule has 1 unspecified atom stereocenters. The van der Waals surface area contributed by atoms with Crippen LogP contribution >= 0.6 is 15.9 Å². The molecule has 0 spiro atoms. The zero-order chi connectivity index (χ0) is 14.8. The molecule has 5 heteroatoms. The quantitative estimate of drug-likeness (QED) is 0.784. The second-order valence-electron chi connectivity index (χ2n) is 4.80. The number of hydrogen-bond donors (Lipinski definition) is 1. The Kier molecular flexibility index (Phi) is 3.86. The molecular formula is C16H14BrN3O. The maximum Gasteiger partial charge on any atom is 0.247 e. The Labute approximate surface area is 131 Å². The van der Waals surface area contributed by atoms with Crippen LogP contribution in [0.15, 0.2) is 57.4 Å². The molecule has 0 aliphatic carbocycles. The lowest BCUT2D eigenvalue weighted by atomic mass is 10.1. The van der Waals surface area contributed by atoms with Crippen LogP contribution < -0.4 is 5.73 Å². The highest BCUT2D eigenvalue weighted by atomic mass is 79.9. The van der Waals surface area contributed by atoms with Gasteiger partial charge in [-0.1, -0.05) is 52.3 Å². The van der Waals surface area contributed by atoms with Crippen molar-refractivity contribution in [3.63, 3.8) is 0 Å². The number of rotatable bonds is 3. The summed E-state index contributed by atoms with van der Waals surface area (Å²) in [5.74, 6) is 0.880. The number of nitrogens with two attached hydrogens (primary N) is 1. The van der Waals surface area contributed by atoms with Crippen molar-refractivity contribution in [3.05, 3.63) is 70.0 Å². The van der Waals surface area contributed by atoms with Crippen LogP contribution in [0.4, 0.5) is 0 Å². The largest absolute Gasteiger partial charge is 0.419 e. The maximum atomic E-state index is 6.16. The van der Waals surface area contributed by atoms with Gasteiger partial charge in [0, 0.05) is 10.0 Å². The van der Waals surface area contributed by atoms with Crippen LogP contribution in [-0.4, -0.2) is 10.2 Å². The van der Waals surface area contributed by atoms with Gasteiger partial charge in [0.15, 0.2) is 0 Å². The summed E-state index contributed by atoms with van der Waals surface area (Å²) in [6, 6.07) is 15.2. The molecule has 106 valence electrons. The van der Waals surface area contributed by atoms with Crippen LogP contribution in [0.3, 0.4) is 0 Å². The zero-order valence-corrected chi connectivity index (χ0v) is 13.0. The Hall–Kier alpha value is -1.98. The van der Waals surface area contributed by atoms with Crippen molar-refractivity contribution >= 4 is 15.9 Å². The number of nitrogens with zero attached hydrogens (tertiary/aromatic N) is 2. The molecule has 1 aromatic heterocycles. The highest BCUT2D eigenvalue weighted by molar-refractivity contribution is 9.10. The van der Waals surface area contributed by atoms with E-state index in [2.05, 4.69) is 26.1 Å². The summed E-state index contributed by atoms with van der Waals surface area (Å²) in [6.45, 7) is 2.03. The van der Waals surface area contributed by atoms with E-state index in [0.717, 1.165) is 21.2 Å². The van der Waals surface area contributed by atoms with E-state index >= 15 is 0 Å². The molecular weight excluding hydrogens is 330 g/mol. The smallest absolute Gasteiger partial charge is 0.247 e. The topological polar surface area (TPSA) is 64.9 Å². The summed E-state index contributed by atoms with van der Waals surface area (Å²) >= 11 is 3.50. The number of benzene rings is 2. The molecule has 21 heavy (non-hydrogen) atoms. The summed E-state index contributed by atoms with van der Waals surface area (Å²) in [5.41, 5.74) is 9.12. The molecule has 4 nitrogen and oxygen atoms in total. The van der Waals surface area contributed by atoms with Gasteiger partial charge in [-0.3, -0.25) is 0 Å². The fraction of sp³-hybridized carbons (Fsp3) is 0.125. The third-order valence-electron chi connectivity index (χ3n) is 3.28. The lowest BCUT2D eigenvalue weighted by Crippen LogP contribution is -2.11. The molecule has 1 atom stereocenters. The van der Waals surface area contributed by atoms with Gasteiger partial charge in [0.1, 0.15) is 6.04 Å². The molecule has 3 aromatic rings. The first-order valence-corrected chi connectivity index (χ1v) is 7.35. The molecule has 0 saturated heterocycles. The highest BCUT2D eigenvalue weighted by Gasteiger charge is 2.17. The van der Waals surface area contributed by atoms with Crippen molar-refractivity contribution in [1.82, 2.24) is 10.2 Å². The van der Waals surface area contributed by atoms with Gasteiger partial charge in [0.05, 0.1) is 0 Å². The molecule has 0 amide bonds. The van der Waals surface area contributed by atoms with Crippen LogP contribution in [-0.2, 0) is 0 Å². The standard InChI is InChI=1S/C16H14BrN3O/c1-10-7-8-12(9-13(10)17)15-19-20-16(21-15)14(18)11-5-3-2-4-6-11/h2-9,14H,18H2,1H3. The minimum Gasteiger partial charge on any atom is -0.419 e. The fourth-order valence-electron chi connectivity index (χ4n) is 2.01. The minimum atomic E-state index is -0.415. The third kappa shape index (κ3) is 2.89. The summed E-state index contributed by atoms with van der Waals surface area (Å²) in [6.07, 6.45) is 0. The molecule has 0 radical (unpaired) electrons. The van der Waals surface area contributed by atoms with E-state index < -0.39 is 6.04 Å². The number of aryl methyl sites for hydroxylation is 1. The Balaban J connectivity index is 1.91. The van der Waals surface area contributed by atoms with Gasteiger partial charge >= 0.3 is 0 Å². The highest BCUT2D eigenvalue weighted by Crippen LogP contribution is 2.26. The minimum absolute atomic E-state index is 0.410. The first-order chi connectivity index (χ1) is 10.1. The first kappa shape index (κ1) is 14.0. The molecule has 0 aliphatic heterocycles. The lowest BCUT2D eigenvalue weighted by molar-refractivity contribution is 0.484. The molecule has 2 N–H and O–H groups in total. The van der Waals surface area contributed by atoms with Gasteiger partial charge in [-0.2, -0.15) is 0 Å². The number of halogens is 1. The van der Waals surface area contributed by atoms with Crippen LogP contribution in [0.5, 0.6) is 0 Å². The normalized spacial score (nSPS) is 12.3. The Morgan fingerprint density at radius 3 is 2.57 bits per heavy atom. The second kappa shape index (κ2) is 5.79. The average Bonchev–Trinajstić information content (AvgIpc) is 3.00. The second-order valence-corrected chi connectivity index (χ2v) is 5.65. The van der Waals surface area contributed by atoms with Crippen LogP contribution in [0.1, 0.15) is 23.1 Å². The molecule has 1 heterocycles. The summed E-state index contributed by atoms with van der Waals surface area (Å²) in [4.78, 5) is 0.